The van der Waals surface area contributed by atoms with Crippen LogP contribution >= 0.6 is 24.4 Å². The topological polar surface area (TPSA) is 107 Å². The van der Waals surface area contributed by atoms with Crippen LogP contribution in [0.15, 0.2) is 34.1 Å². The molecular formula is C18H19N5O4S2. The molecule has 3 rings (SSSR count). The summed E-state index contributed by atoms with van der Waals surface area (Å²) >= 11 is 10.4. The molecule has 0 saturated carbocycles. The molecule has 0 aliphatic rings. The second-order valence-electron chi connectivity index (χ2n) is 6.61. The minimum atomic E-state index is -1.11. The van der Waals surface area contributed by atoms with Gasteiger partial charge in [0.2, 0.25) is 11.8 Å². The van der Waals surface area contributed by atoms with Crippen molar-refractivity contribution < 1.29 is 10.2 Å². The normalized spacial score (nSPS) is 11.2. The highest BCUT2D eigenvalue weighted by Crippen LogP contribution is 2.36. The largest absolute Gasteiger partial charge is 0.494 e. The Kier molecular flexibility index (Phi) is 5.28. The van der Waals surface area contributed by atoms with Crippen molar-refractivity contribution in [2.24, 2.45) is 28.2 Å². The molecule has 29 heavy (non-hydrogen) atoms. The summed E-state index contributed by atoms with van der Waals surface area (Å²) < 4.78 is 5.11. The van der Waals surface area contributed by atoms with Gasteiger partial charge in [-0.1, -0.05) is 6.07 Å². The molecule has 0 amide bonds. The zero-order valence-corrected chi connectivity index (χ0v) is 17.8. The quantitative estimate of drug-likeness (QED) is 0.598. The van der Waals surface area contributed by atoms with Gasteiger partial charge in [0, 0.05) is 40.6 Å². The summed E-state index contributed by atoms with van der Waals surface area (Å²) in [6, 6.07) is 3.28. The van der Waals surface area contributed by atoms with E-state index >= 15 is 0 Å². The van der Waals surface area contributed by atoms with Crippen LogP contribution in [0, 0.1) is 9.54 Å². The van der Waals surface area contributed by atoms with Gasteiger partial charge in [0.15, 0.2) is 9.54 Å². The maximum Gasteiger partial charge on any atom is 0.262 e. The number of nitrogens with zero attached hydrogens (tertiary/aromatic N) is 5. The molecule has 0 aromatic carbocycles. The summed E-state index contributed by atoms with van der Waals surface area (Å²) in [7, 11) is 5.95. The van der Waals surface area contributed by atoms with E-state index in [1.807, 2.05) is 0 Å². The average molecular weight is 434 g/mol. The number of hydrogen-bond acceptors (Lipinski definition) is 7. The molecule has 0 saturated heterocycles. The fraction of sp³-hybridized carbons (Fsp3) is 0.278. The van der Waals surface area contributed by atoms with Crippen molar-refractivity contribution in [2.45, 2.75) is 5.92 Å². The van der Waals surface area contributed by atoms with Gasteiger partial charge in [0.1, 0.15) is 0 Å². The van der Waals surface area contributed by atoms with Crippen molar-refractivity contribution in [1.82, 2.24) is 23.3 Å². The van der Waals surface area contributed by atoms with Gasteiger partial charge < -0.3 is 10.2 Å². The maximum atomic E-state index is 13.1. The molecule has 2 N–H and O–H groups in total. The third-order valence-corrected chi connectivity index (χ3v) is 6.03. The van der Waals surface area contributed by atoms with Gasteiger partial charge in [0.05, 0.1) is 17.0 Å². The van der Waals surface area contributed by atoms with Crippen LogP contribution in [0.5, 0.6) is 11.8 Å². The number of aromatic nitrogens is 5. The van der Waals surface area contributed by atoms with Gasteiger partial charge in [0.25, 0.3) is 11.1 Å². The molecule has 152 valence electrons. The van der Waals surface area contributed by atoms with Crippen molar-refractivity contribution >= 4 is 24.4 Å². The van der Waals surface area contributed by atoms with Crippen LogP contribution in [0.4, 0.5) is 0 Å². The predicted molar refractivity (Wildman–Crippen MR) is 111 cm³/mol. The van der Waals surface area contributed by atoms with E-state index < -0.39 is 28.8 Å². The van der Waals surface area contributed by atoms with E-state index in [9.17, 15) is 19.8 Å². The summed E-state index contributed by atoms with van der Waals surface area (Å²) in [4.78, 5) is 30.3. The maximum absolute atomic E-state index is 13.1. The van der Waals surface area contributed by atoms with E-state index in [1.54, 1.807) is 12.1 Å². The van der Waals surface area contributed by atoms with Gasteiger partial charge in [-0.15, -0.1) is 0 Å². The van der Waals surface area contributed by atoms with Gasteiger partial charge in [-0.25, -0.2) is 0 Å². The van der Waals surface area contributed by atoms with Crippen LogP contribution in [0.3, 0.4) is 0 Å². The lowest BCUT2D eigenvalue weighted by Gasteiger charge is -2.22. The van der Waals surface area contributed by atoms with E-state index in [4.69, 9.17) is 24.4 Å². The Hall–Kier alpha value is -3.05. The lowest BCUT2D eigenvalue weighted by atomic mass is 9.87. The Morgan fingerprint density at radius 1 is 0.862 bits per heavy atom. The smallest absolute Gasteiger partial charge is 0.262 e. The van der Waals surface area contributed by atoms with Crippen LogP contribution in [-0.4, -0.2) is 33.5 Å². The van der Waals surface area contributed by atoms with Gasteiger partial charge in [-0.05, 0) is 36.1 Å². The molecule has 11 heteroatoms. The number of aromatic hydroxyl groups is 2. The Morgan fingerprint density at radius 2 is 1.31 bits per heavy atom. The molecule has 9 nitrogen and oxygen atoms in total. The molecule has 0 fully saturated rings. The molecule has 3 aromatic rings. The minimum absolute atomic E-state index is 0.102. The van der Waals surface area contributed by atoms with Crippen molar-refractivity contribution in [3.63, 3.8) is 0 Å². The molecular weight excluding hydrogens is 414 g/mol. The molecule has 0 spiro atoms. The summed E-state index contributed by atoms with van der Waals surface area (Å²) in [5, 5.41) is 21.6. The third kappa shape index (κ3) is 3.12. The lowest BCUT2D eigenvalue weighted by molar-refractivity contribution is 0.395. The van der Waals surface area contributed by atoms with Crippen LogP contribution in [0.1, 0.15) is 22.6 Å². The Balaban J connectivity index is 2.57. The molecule has 0 radical (unpaired) electrons. The van der Waals surface area contributed by atoms with Crippen LogP contribution in [0.2, 0.25) is 0 Å². The first-order chi connectivity index (χ1) is 13.6. The van der Waals surface area contributed by atoms with E-state index in [-0.39, 0.29) is 20.7 Å². The number of pyridine rings is 1. The first-order valence-electron chi connectivity index (χ1n) is 8.47. The van der Waals surface area contributed by atoms with Crippen LogP contribution < -0.4 is 11.1 Å². The molecule has 0 bridgehead atoms. The molecule has 3 heterocycles. The van der Waals surface area contributed by atoms with E-state index in [0.717, 1.165) is 0 Å². The monoisotopic (exact) mass is 433 g/mol. The lowest BCUT2D eigenvalue weighted by Crippen LogP contribution is -2.33. The number of rotatable bonds is 3. The van der Waals surface area contributed by atoms with Crippen molar-refractivity contribution in [3.8, 4) is 11.8 Å². The highest BCUT2D eigenvalue weighted by atomic mass is 32.1. The highest BCUT2D eigenvalue weighted by Gasteiger charge is 2.32. The molecule has 0 aliphatic heterocycles. The summed E-state index contributed by atoms with van der Waals surface area (Å²) in [5.41, 5.74) is -0.971. The van der Waals surface area contributed by atoms with Crippen molar-refractivity contribution in [1.29, 1.82) is 0 Å². The fourth-order valence-corrected chi connectivity index (χ4v) is 3.59. The summed E-state index contributed by atoms with van der Waals surface area (Å²) in [5.74, 6) is -1.92. The molecule has 0 aliphatic carbocycles. The van der Waals surface area contributed by atoms with Crippen LogP contribution in [-0.2, 0) is 28.2 Å². The second kappa shape index (κ2) is 7.41. The summed E-state index contributed by atoms with van der Waals surface area (Å²) in [6.07, 6.45) is 3.00. The van der Waals surface area contributed by atoms with Crippen LogP contribution in [0.25, 0.3) is 0 Å². The SMILES string of the molecule is Cn1c(O)c(C(c2cccnc2)c2c(O)n(C)c(=S)n(C)c2=O)c(=O)n(C)c1=S. The molecule has 0 atom stereocenters. The fourth-order valence-electron chi connectivity index (χ4n) is 3.25. The van der Waals surface area contributed by atoms with Crippen molar-refractivity contribution in [3.05, 3.63) is 71.5 Å². The Morgan fingerprint density at radius 3 is 1.69 bits per heavy atom. The van der Waals surface area contributed by atoms with E-state index in [2.05, 4.69) is 4.98 Å². The standard InChI is InChI=1S/C18H19N5O4S2/c1-20-13(24)11(14(25)21(2)17(20)28)10(9-6-5-7-19-8-9)12-15(26)22(3)18(29)23(4)16(12)27/h5-8,10,24,26H,1-4H3. The first-order valence-corrected chi connectivity index (χ1v) is 9.28. The Labute approximate surface area is 175 Å². The number of hydrogen-bond donors (Lipinski definition) is 2. The second-order valence-corrected chi connectivity index (χ2v) is 7.34. The minimum Gasteiger partial charge on any atom is -0.494 e. The first kappa shape index (κ1) is 20.7. The van der Waals surface area contributed by atoms with E-state index in [1.165, 1.54) is 58.9 Å². The average Bonchev–Trinajstić information content (AvgIpc) is 2.73. The molecule has 3 aromatic heterocycles. The zero-order valence-electron chi connectivity index (χ0n) is 16.2. The molecule has 0 unspecified atom stereocenters. The third-order valence-electron chi connectivity index (χ3n) is 4.93. The van der Waals surface area contributed by atoms with Gasteiger partial charge in [-0.3, -0.25) is 32.8 Å². The highest BCUT2D eigenvalue weighted by molar-refractivity contribution is 7.71. The van der Waals surface area contributed by atoms with Gasteiger partial charge in [-0.2, -0.15) is 0 Å². The summed E-state index contributed by atoms with van der Waals surface area (Å²) in [6.45, 7) is 0. The Bertz CT molecular complexity index is 1270. The predicted octanol–water partition coefficient (Wildman–Crippen LogP) is 1.21. The van der Waals surface area contributed by atoms with Crippen molar-refractivity contribution in [2.75, 3.05) is 0 Å². The zero-order chi connectivity index (χ0) is 21.6. The van der Waals surface area contributed by atoms with E-state index in [0.29, 0.717) is 5.56 Å². The van der Waals surface area contributed by atoms with Gasteiger partial charge >= 0.3 is 0 Å².